The molecule has 0 aromatic heterocycles. The van der Waals surface area contributed by atoms with Crippen molar-refractivity contribution in [1.29, 1.82) is 0 Å². The molecule has 0 unspecified atom stereocenters. The molecule has 12 heteroatoms. The van der Waals surface area contributed by atoms with Crippen LogP contribution in [0.5, 0.6) is 69.0 Å². The van der Waals surface area contributed by atoms with Crippen LogP contribution < -0.4 is 56.8 Å². The molecule has 0 radical (unpaired) electrons. The highest BCUT2D eigenvalue weighted by atomic mass is 16.5. The van der Waals surface area contributed by atoms with Gasteiger partial charge in [-0.1, -0.05) is 314 Å². The van der Waals surface area contributed by atoms with Crippen molar-refractivity contribution in [3.05, 3.63) is 109 Å². The van der Waals surface area contributed by atoms with Crippen molar-refractivity contribution in [2.24, 2.45) is 0 Å². The summed E-state index contributed by atoms with van der Waals surface area (Å²) in [6, 6.07) is 43.4. The van der Waals surface area contributed by atoms with E-state index in [-0.39, 0.29) is 0 Å². The highest BCUT2D eigenvalue weighted by Crippen LogP contribution is 2.54. The summed E-state index contributed by atoms with van der Waals surface area (Å²) in [4.78, 5) is 0. The van der Waals surface area contributed by atoms with E-state index in [1.165, 1.54) is 0 Å². The van der Waals surface area contributed by atoms with Gasteiger partial charge >= 0.3 is 0 Å². The Labute approximate surface area is 829 Å². The molecule has 0 aliphatic heterocycles. The Morgan fingerprint density at radius 3 is 0.239 bits per heavy atom. The maximum absolute atomic E-state index is 7.19. The van der Waals surface area contributed by atoms with E-state index in [0.29, 0.717) is 79.3 Å². The minimum Gasteiger partial charge on any atom is -0.490 e. The van der Waals surface area contributed by atoms with Crippen molar-refractivity contribution in [2.45, 2.75) is 391 Å². The van der Waals surface area contributed by atoms with Gasteiger partial charge in [0.1, 0.15) is 0 Å². The lowest BCUT2D eigenvalue weighted by molar-refractivity contribution is 0.259. The molecule has 0 aliphatic rings. The fourth-order valence-corrected chi connectivity index (χ4v) is 20.4. The van der Waals surface area contributed by atoms with Crippen LogP contribution in [0.3, 0.4) is 0 Å². The van der Waals surface area contributed by atoms with E-state index in [9.17, 15) is 0 Å². The van der Waals surface area contributed by atoms with Gasteiger partial charge in [-0.2, -0.15) is 0 Å². The summed E-state index contributed by atoms with van der Waals surface area (Å²) in [5, 5.41) is 26.6. The number of rotatable bonds is 72. The van der Waals surface area contributed by atoms with E-state index in [0.717, 1.165) is 506 Å². The molecule has 13 aromatic rings. The van der Waals surface area contributed by atoms with Crippen molar-refractivity contribution >= 4 is 129 Å². The van der Waals surface area contributed by atoms with Crippen LogP contribution in [0, 0.1) is 0 Å². The summed E-state index contributed by atoms with van der Waals surface area (Å²) < 4.78 is 85.8. The molecule has 0 aliphatic carbocycles. The van der Waals surface area contributed by atoms with Gasteiger partial charge in [-0.25, -0.2) is 0 Å². The highest BCUT2D eigenvalue weighted by molar-refractivity contribution is 6.39. The Hall–Kier alpha value is -9.42. The number of fused-ring (bicyclic) bond motifs is 24. The summed E-state index contributed by atoms with van der Waals surface area (Å²) in [6.07, 6.45) is 52.4. The smallest absolute Gasteiger partial charge is 0.161 e. The van der Waals surface area contributed by atoms with Crippen LogP contribution in [0.4, 0.5) is 0 Å². The van der Waals surface area contributed by atoms with Gasteiger partial charge in [0.05, 0.1) is 79.3 Å². The maximum Gasteiger partial charge on any atom is 0.161 e. The van der Waals surface area contributed by atoms with Gasteiger partial charge in [-0.05, 0) is 316 Å². The average Bonchev–Trinajstić information content (AvgIpc) is 0.659. The third-order valence-electron chi connectivity index (χ3n) is 28.5. The van der Waals surface area contributed by atoms with Crippen molar-refractivity contribution < 1.29 is 56.8 Å². The summed E-state index contributed by atoms with van der Waals surface area (Å²) >= 11 is 0. The molecule has 0 spiro atoms. The number of hydrogen-bond donors (Lipinski definition) is 0. The molecule has 0 heterocycles. The summed E-state index contributed by atoms with van der Waals surface area (Å²) in [5.74, 6) is 9.34. The van der Waals surface area contributed by atoms with Crippen LogP contribution in [0.2, 0.25) is 0 Å². The first kappa shape index (κ1) is 106. The third-order valence-corrected chi connectivity index (χ3v) is 28.5. The van der Waals surface area contributed by atoms with E-state index in [4.69, 9.17) is 56.8 Å². The van der Waals surface area contributed by atoms with Crippen molar-refractivity contribution in [2.75, 3.05) is 79.3 Å². The second-order valence-electron chi connectivity index (χ2n) is 39.8. The van der Waals surface area contributed by atoms with E-state index in [2.05, 4.69) is 192 Å². The molecule has 0 amide bonds. The molecule has 12 nitrogen and oxygen atoms in total. The quantitative estimate of drug-likeness (QED) is 0.0206. The first-order valence-corrected chi connectivity index (χ1v) is 56.3. The molecule has 0 saturated carbocycles. The zero-order chi connectivity index (χ0) is 96.4. The zero-order valence-electron chi connectivity index (χ0n) is 87.7. The van der Waals surface area contributed by atoms with Gasteiger partial charge in [0, 0.05) is 0 Å². The predicted molar refractivity (Wildman–Crippen MR) is 592 cm³/mol. The SMILES string of the molecule is CCCCCCOc1cc2c3cc(OCCCCCC)c(OCCCCCC)cc3c3cc4c(cc3c2cc1OCCCCCC)c1cc2c3cc(OCCCCCC)c(OCCCCCC)cc3c3cc(OCCCCCC)c(OCCCCCC)cc3c2cc1c1cc2c3cc(OCCCCCC)c(OCCCCCC)cc3c3cc(OCCCCCC)c(OCCCCCC)cc3c2cc41. The monoisotopic (exact) mass is 1880 g/mol. The minimum atomic E-state index is 0.588. The Balaban J connectivity index is 1.25. The highest BCUT2D eigenvalue weighted by Gasteiger charge is 2.27. The minimum absolute atomic E-state index is 0.588. The second-order valence-corrected chi connectivity index (χ2v) is 39.8. The van der Waals surface area contributed by atoms with Crippen molar-refractivity contribution in [1.82, 2.24) is 0 Å². The largest absolute Gasteiger partial charge is 0.490 e. The van der Waals surface area contributed by atoms with E-state index >= 15 is 0 Å². The lowest BCUT2D eigenvalue weighted by atomic mass is 9.84. The second kappa shape index (κ2) is 57.5. The van der Waals surface area contributed by atoms with Crippen LogP contribution in [0.15, 0.2) is 109 Å². The Kier molecular flexibility index (Phi) is 44.1. The van der Waals surface area contributed by atoms with Gasteiger partial charge in [-0.15, -0.1) is 0 Å². The van der Waals surface area contributed by atoms with Gasteiger partial charge in [-0.3, -0.25) is 0 Å². The van der Waals surface area contributed by atoms with Crippen molar-refractivity contribution in [3.63, 3.8) is 0 Å². The summed E-state index contributed by atoms with van der Waals surface area (Å²) in [5.41, 5.74) is 0. The van der Waals surface area contributed by atoms with Gasteiger partial charge in [0.25, 0.3) is 0 Å². The first-order valence-electron chi connectivity index (χ1n) is 56.3. The van der Waals surface area contributed by atoms with Gasteiger partial charge in [0.15, 0.2) is 69.0 Å². The van der Waals surface area contributed by atoms with Crippen LogP contribution in [0.1, 0.15) is 391 Å². The Morgan fingerprint density at radius 1 is 0.0942 bits per heavy atom. The van der Waals surface area contributed by atoms with E-state index in [1.54, 1.807) is 0 Å². The Bertz CT molecular complexity index is 5000. The molecule has 0 bridgehead atoms. The van der Waals surface area contributed by atoms with Crippen LogP contribution >= 0.6 is 0 Å². The van der Waals surface area contributed by atoms with E-state index < -0.39 is 0 Å². The normalized spacial score (nSPS) is 11.9. The molecule has 0 saturated heterocycles. The molecular weight excluding hydrogens is 1710 g/mol. The fourth-order valence-electron chi connectivity index (χ4n) is 20.4. The summed E-state index contributed by atoms with van der Waals surface area (Å²) in [7, 11) is 0. The number of ether oxygens (including phenoxy) is 12. The summed E-state index contributed by atoms with van der Waals surface area (Å²) in [6.45, 7) is 34.5. The average molecular weight is 1880 g/mol. The fraction of sp³-hybridized carbons (Fsp3) is 0.571. The maximum atomic E-state index is 7.19. The molecule has 0 fully saturated rings. The molecule has 0 N–H and O–H groups in total. The van der Waals surface area contributed by atoms with Crippen LogP contribution in [-0.4, -0.2) is 79.3 Å². The lowest BCUT2D eigenvalue weighted by Gasteiger charge is -2.22. The molecule has 138 heavy (non-hydrogen) atoms. The van der Waals surface area contributed by atoms with Crippen molar-refractivity contribution in [3.8, 4) is 69.0 Å². The number of benzene rings is 13. The molecular formula is C126H174O12. The van der Waals surface area contributed by atoms with Crippen LogP contribution in [-0.2, 0) is 0 Å². The van der Waals surface area contributed by atoms with E-state index in [1.807, 2.05) is 0 Å². The number of hydrogen-bond acceptors (Lipinski definition) is 12. The standard InChI is InChI=1S/C126H174O12/c1-13-25-37-49-61-127-115-79-103-97-73-91-92(74-98(97)104-80-116(128-62-50-38-26-14-2)122(134-68-56-44-32-20-8)86-110(104)109(103)85-121(115)133-67-55-43-31-19-7)94-76-100-102(108-84-120(132-66-54-42-30-18-6)126(138-72-60-48-36-24-12)90-114(108)112-88-124(136-70-58-46-34-22-10)118(82-106(100)112)130-64-52-40-28-16-4)78-96(94)95-77-101-99(75-93(91)95)105-81-117(129-63-51-39-27-15-3)123(135-69-57-45-33-21-9)87-111(105)113-89-125(137-71-59-47-35-23-11)119(83-107(101)113)131-65-53-41-29-17-5/h73-90H,13-72H2,1-12H3. The Morgan fingerprint density at radius 2 is 0.167 bits per heavy atom. The van der Waals surface area contributed by atoms with Crippen LogP contribution in [0.25, 0.3) is 129 Å². The number of unbranched alkanes of at least 4 members (excludes halogenated alkanes) is 36. The van der Waals surface area contributed by atoms with Gasteiger partial charge < -0.3 is 56.8 Å². The predicted octanol–water partition coefficient (Wildman–Crippen LogP) is 39.0. The third kappa shape index (κ3) is 28.1. The molecule has 13 aromatic carbocycles. The zero-order valence-corrected chi connectivity index (χ0v) is 87.7. The van der Waals surface area contributed by atoms with Gasteiger partial charge in [0.2, 0.25) is 0 Å². The lowest BCUT2D eigenvalue weighted by Crippen LogP contribution is -2.04. The first-order chi connectivity index (χ1) is 68.1. The topological polar surface area (TPSA) is 111 Å². The molecule has 750 valence electrons. The molecule has 0 atom stereocenters. The molecule has 13 rings (SSSR count).